The maximum absolute atomic E-state index is 12.3. The number of amides is 1. The van der Waals surface area contributed by atoms with Crippen LogP contribution in [0.5, 0.6) is 6.01 Å². The lowest BCUT2D eigenvalue weighted by Crippen LogP contribution is -2.39. The van der Waals surface area contributed by atoms with Crippen molar-refractivity contribution in [3.63, 3.8) is 0 Å². The summed E-state index contributed by atoms with van der Waals surface area (Å²) in [5.74, 6) is 0.679. The van der Waals surface area contributed by atoms with Crippen molar-refractivity contribution in [3.8, 4) is 6.01 Å². The normalized spacial score (nSPS) is 18.5. The molecule has 0 radical (unpaired) electrons. The van der Waals surface area contributed by atoms with Crippen LogP contribution in [0.4, 0.5) is 17.3 Å². The molecule has 0 spiro atoms. The number of nitrogen functional groups attached to an aromatic ring is 1. The average molecular weight is 441 g/mol. The van der Waals surface area contributed by atoms with Crippen LogP contribution in [-0.2, 0) is 22.6 Å². The van der Waals surface area contributed by atoms with Gasteiger partial charge < -0.3 is 25.4 Å². The zero-order valence-corrected chi connectivity index (χ0v) is 18.8. The van der Waals surface area contributed by atoms with Crippen LogP contribution in [0.3, 0.4) is 0 Å². The number of anilines is 3. The van der Waals surface area contributed by atoms with Crippen LogP contribution < -0.4 is 20.7 Å². The number of carbonyl (C=O) groups excluding carboxylic acids is 1. The second-order valence-electron chi connectivity index (χ2n) is 8.40. The number of fused-ring (bicyclic) bond motifs is 1. The molecule has 0 aliphatic carbocycles. The van der Waals surface area contributed by atoms with Crippen LogP contribution in [0.1, 0.15) is 37.3 Å². The highest BCUT2D eigenvalue weighted by molar-refractivity contribution is 6.03. The van der Waals surface area contributed by atoms with Crippen molar-refractivity contribution >= 4 is 23.2 Å². The van der Waals surface area contributed by atoms with E-state index in [0.29, 0.717) is 30.8 Å². The Bertz CT molecular complexity index is 953. The van der Waals surface area contributed by atoms with Gasteiger partial charge in [0.1, 0.15) is 5.69 Å². The summed E-state index contributed by atoms with van der Waals surface area (Å²) >= 11 is 0. The van der Waals surface area contributed by atoms with Crippen LogP contribution in [0.25, 0.3) is 0 Å². The molecule has 1 aromatic carbocycles. The van der Waals surface area contributed by atoms with Crippen molar-refractivity contribution in [2.75, 3.05) is 49.3 Å². The topological polar surface area (TPSA) is 106 Å². The Morgan fingerprint density at radius 1 is 1.25 bits per heavy atom. The van der Waals surface area contributed by atoms with E-state index in [1.165, 1.54) is 5.56 Å². The number of rotatable bonds is 9. The fourth-order valence-corrected chi connectivity index (χ4v) is 4.16. The van der Waals surface area contributed by atoms with Crippen LogP contribution in [0.15, 0.2) is 24.3 Å². The van der Waals surface area contributed by atoms with E-state index >= 15 is 0 Å². The molecule has 3 N–H and O–H groups in total. The number of likely N-dealkylation sites (tertiary alicyclic amines) is 1. The molecule has 9 nitrogen and oxygen atoms in total. The summed E-state index contributed by atoms with van der Waals surface area (Å²) in [6.45, 7) is 6.25. The van der Waals surface area contributed by atoms with E-state index in [1.807, 2.05) is 4.90 Å². The maximum Gasteiger partial charge on any atom is 0.320 e. The zero-order chi connectivity index (χ0) is 22.5. The second kappa shape index (κ2) is 10.1. The smallest absolute Gasteiger partial charge is 0.320 e. The number of benzene rings is 1. The number of nitrogens with zero attached hydrogens (tertiary/aromatic N) is 4. The van der Waals surface area contributed by atoms with Crippen molar-refractivity contribution in [1.82, 2.24) is 14.9 Å². The lowest BCUT2D eigenvalue weighted by Gasteiger charge is -2.30. The molecule has 172 valence electrons. The second-order valence-corrected chi connectivity index (χ2v) is 8.40. The summed E-state index contributed by atoms with van der Waals surface area (Å²) in [6, 6.07) is 8.70. The average Bonchev–Trinajstić information content (AvgIpc) is 3.22. The van der Waals surface area contributed by atoms with Crippen LogP contribution >= 0.6 is 0 Å². The number of carbonyl (C=O) groups is 1. The highest BCUT2D eigenvalue weighted by Crippen LogP contribution is 2.34. The zero-order valence-electron chi connectivity index (χ0n) is 18.8. The lowest BCUT2D eigenvalue weighted by atomic mass is 10.1. The first-order chi connectivity index (χ1) is 15.6. The monoisotopic (exact) mass is 440 g/mol. The van der Waals surface area contributed by atoms with Gasteiger partial charge in [0.15, 0.2) is 11.6 Å². The SMILES string of the molecule is CCCCOc1nc(N)c2c(n1)N(Cc1cccc(CN3CC[C@@H](OC)C3)c1)CC(=O)N2. The summed E-state index contributed by atoms with van der Waals surface area (Å²) in [6.07, 6.45) is 3.32. The van der Waals surface area contributed by atoms with Gasteiger partial charge in [-0.15, -0.1) is 0 Å². The number of methoxy groups -OCH3 is 1. The Morgan fingerprint density at radius 3 is 2.81 bits per heavy atom. The molecular weight excluding hydrogens is 408 g/mol. The van der Waals surface area contributed by atoms with E-state index in [4.69, 9.17) is 15.2 Å². The van der Waals surface area contributed by atoms with E-state index in [1.54, 1.807) is 7.11 Å². The molecule has 1 saturated heterocycles. The summed E-state index contributed by atoms with van der Waals surface area (Å²) in [5, 5.41) is 2.80. The third-order valence-electron chi connectivity index (χ3n) is 5.86. The molecule has 3 heterocycles. The third kappa shape index (κ3) is 5.28. The van der Waals surface area contributed by atoms with Crippen molar-refractivity contribution < 1.29 is 14.3 Å². The minimum Gasteiger partial charge on any atom is -0.463 e. The maximum atomic E-state index is 12.3. The Balaban J connectivity index is 1.50. The molecule has 2 aliphatic rings. The first kappa shape index (κ1) is 22.3. The van der Waals surface area contributed by atoms with Gasteiger partial charge in [-0.05, 0) is 24.0 Å². The lowest BCUT2D eigenvalue weighted by molar-refractivity contribution is -0.115. The van der Waals surface area contributed by atoms with Gasteiger partial charge in [0.2, 0.25) is 5.91 Å². The molecule has 2 aliphatic heterocycles. The van der Waals surface area contributed by atoms with Crippen LogP contribution in [0.2, 0.25) is 0 Å². The first-order valence-electron chi connectivity index (χ1n) is 11.2. The number of nitrogens with one attached hydrogen (secondary N) is 1. The molecule has 1 fully saturated rings. The first-order valence-corrected chi connectivity index (χ1v) is 11.2. The predicted octanol–water partition coefficient (Wildman–Crippen LogP) is 2.42. The van der Waals surface area contributed by atoms with Gasteiger partial charge in [-0.3, -0.25) is 9.69 Å². The number of hydrogen-bond donors (Lipinski definition) is 2. The summed E-state index contributed by atoms with van der Waals surface area (Å²) in [7, 11) is 1.78. The van der Waals surface area contributed by atoms with E-state index in [2.05, 4.69) is 51.4 Å². The Kier molecular flexibility index (Phi) is 7.06. The van der Waals surface area contributed by atoms with Crippen LogP contribution in [-0.4, -0.2) is 60.2 Å². The van der Waals surface area contributed by atoms with Gasteiger partial charge in [-0.2, -0.15) is 9.97 Å². The molecule has 1 atom stereocenters. The van der Waals surface area contributed by atoms with E-state index in [9.17, 15) is 4.79 Å². The fraction of sp³-hybridized carbons (Fsp3) is 0.522. The molecular formula is C23H32N6O3. The third-order valence-corrected chi connectivity index (χ3v) is 5.86. The Morgan fingerprint density at radius 2 is 2.06 bits per heavy atom. The Hall–Kier alpha value is -2.91. The van der Waals surface area contributed by atoms with Crippen molar-refractivity contribution in [2.45, 2.75) is 45.4 Å². The number of hydrogen-bond acceptors (Lipinski definition) is 8. The van der Waals surface area contributed by atoms with E-state index < -0.39 is 0 Å². The van der Waals surface area contributed by atoms with Gasteiger partial charge in [0, 0.05) is 33.3 Å². The van der Waals surface area contributed by atoms with Gasteiger partial charge in [-0.25, -0.2) is 0 Å². The molecule has 4 rings (SSSR count). The van der Waals surface area contributed by atoms with Gasteiger partial charge in [0.25, 0.3) is 0 Å². The number of aromatic nitrogens is 2. The highest BCUT2D eigenvalue weighted by Gasteiger charge is 2.28. The molecule has 1 aromatic heterocycles. The van der Waals surface area contributed by atoms with E-state index in [-0.39, 0.29) is 24.3 Å². The standard InChI is InChI=1S/C23H32N6O3/c1-3-4-10-32-23-26-21(24)20-22(27-23)29(15-19(30)25-20)13-17-7-5-6-16(11-17)12-28-9-8-18(14-28)31-2/h5-7,11,18H,3-4,8-10,12-15H2,1-2H3,(H,25,30)(H2,24,26,27)/t18-/m1/s1. The molecule has 9 heteroatoms. The van der Waals surface area contributed by atoms with Crippen molar-refractivity contribution in [2.24, 2.45) is 0 Å². The van der Waals surface area contributed by atoms with Gasteiger partial charge in [-0.1, -0.05) is 37.6 Å². The minimum atomic E-state index is -0.133. The highest BCUT2D eigenvalue weighted by atomic mass is 16.5. The molecule has 1 amide bonds. The quantitative estimate of drug-likeness (QED) is 0.573. The number of ether oxygens (including phenoxy) is 2. The molecule has 2 aromatic rings. The van der Waals surface area contributed by atoms with Crippen molar-refractivity contribution in [1.29, 1.82) is 0 Å². The van der Waals surface area contributed by atoms with Crippen LogP contribution in [0, 0.1) is 0 Å². The molecule has 0 unspecified atom stereocenters. The minimum absolute atomic E-state index is 0.133. The predicted molar refractivity (Wildman–Crippen MR) is 124 cm³/mol. The summed E-state index contributed by atoms with van der Waals surface area (Å²) in [5.41, 5.74) is 8.91. The van der Waals surface area contributed by atoms with Gasteiger partial charge >= 0.3 is 6.01 Å². The number of nitrogens with two attached hydrogens (primary N) is 1. The molecule has 32 heavy (non-hydrogen) atoms. The largest absolute Gasteiger partial charge is 0.463 e. The fourth-order valence-electron chi connectivity index (χ4n) is 4.16. The van der Waals surface area contributed by atoms with Crippen molar-refractivity contribution in [3.05, 3.63) is 35.4 Å². The van der Waals surface area contributed by atoms with Gasteiger partial charge in [0.05, 0.1) is 19.3 Å². The molecule has 0 saturated carbocycles. The molecule has 0 bridgehead atoms. The summed E-state index contributed by atoms with van der Waals surface area (Å²) < 4.78 is 11.2. The van der Waals surface area contributed by atoms with E-state index in [0.717, 1.165) is 44.5 Å². The number of unbranched alkanes of at least 4 members (excludes halogenated alkanes) is 1. The Labute approximate surface area is 188 Å². The summed E-state index contributed by atoms with van der Waals surface area (Å²) in [4.78, 5) is 25.4.